The highest BCUT2D eigenvalue weighted by atomic mass is 32.2. The molecule has 0 radical (unpaired) electrons. The highest BCUT2D eigenvalue weighted by Crippen LogP contribution is 2.26. The van der Waals surface area contributed by atoms with Gasteiger partial charge in [0.15, 0.2) is 5.16 Å². The van der Waals surface area contributed by atoms with Gasteiger partial charge in [-0.05, 0) is 24.6 Å². The van der Waals surface area contributed by atoms with Gasteiger partial charge >= 0.3 is 0 Å². The van der Waals surface area contributed by atoms with Crippen LogP contribution in [0.1, 0.15) is 19.8 Å². The topological polar surface area (TPSA) is 116 Å². The molecule has 8 nitrogen and oxygen atoms in total. The summed E-state index contributed by atoms with van der Waals surface area (Å²) in [6.07, 6.45) is 1.96. The van der Waals surface area contributed by atoms with Crippen molar-refractivity contribution >= 4 is 38.7 Å². The summed E-state index contributed by atoms with van der Waals surface area (Å²) in [5.74, 6) is 0.118. The van der Waals surface area contributed by atoms with Gasteiger partial charge in [-0.1, -0.05) is 25.1 Å². The van der Waals surface area contributed by atoms with E-state index >= 15 is 0 Å². The van der Waals surface area contributed by atoms with Gasteiger partial charge in [-0.25, -0.2) is 18.5 Å². The second-order valence-electron chi connectivity index (χ2n) is 5.73. The molecule has 0 aliphatic heterocycles. The lowest BCUT2D eigenvalue weighted by Gasteiger charge is -2.08. The number of rotatable bonds is 10. The first-order valence-corrected chi connectivity index (χ1v) is 10.8. The molecule has 0 spiro atoms. The lowest BCUT2D eigenvalue weighted by molar-refractivity contribution is -0.118. The minimum absolute atomic E-state index is 0.0269. The second kappa shape index (κ2) is 9.36. The Kier molecular flexibility index (Phi) is 7.44. The first kappa shape index (κ1) is 20.7. The zero-order valence-electron chi connectivity index (χ0n) is 14.9. The van der Waals surface area contributed by atoms with Crippen LogP contribution in [0.2, 0.25) is 0 Å². The summed E-state index contributed by atoms with van der Waals surface area (Å²) >= 11 is 1.32. The molecule has 0 saturated heterocycles. The lowest BCUT2D eigenvalue weighted by atomic mass is 10.3. The maximum Gasteiger partial charge on any atom is 0.238 e. The number of primary sulfonamides is 1. The number of amides is 1. The monoisotopic (exact) mass is 400 g/mol. The standard InChI is InChI=1S/C16H24N4O4S2/c1-3-4-8-20-14-6-5-12(26(17,22)23)10-13(14)19-16(20)25-11-15(21)18-7-9-24-2/h5-6,10H,3-4,7-9,11H2,1-2H3,(H,18,21)(H2,17,22,23). The summed E-state index contributed by atoms with van der Waals surface area (Å²) < 4.78 is 30.0. The highest BCUT2D eigenvalue weighted by molar-refractivity contribution is 7.99. The fraction of sp³-hybridized carbons (Fsp3) is 0.500. The van der Waals surface area contributed by atoms with E-state index in [1.807, 2.05) is 4.57 Å². The van der Waals surface area contributed by atoms with Crippen LogP contribution in [0.15, 0.2) is 28.3 Å². The number of nitrogens with one attached hydrogen (secondary N) is 1. The van der Waals surface area contributed by atoms with E-state index in [2.05, 4.69) is 17.2 Å². The van der Waals surface area contributed by atoms with Crippen LogP contribution in [0, 0.1) is 0 Å². The number of benzene rings is 1. The van der Waals surface area contributed by atoms with E-state index in [1.165, 1.54) is 23.9 Å². The maximum absolute atomic E-state index is 11.9. The number of hydrogen-bond donors (Lipinski definition) is 2. The Morgan fingerprint density at radius 3 is 2.85 bits per heavy atom. The van der Waals surface area contributed by atoms with Gasteiger partial charge in [-0.2, -0.15) is 0 Å². The van der Waals surface area contributed by atoms with Gasteiger partial charge in [0.25, 0.3) is 0 Å². The largest absolute Gasteiger partial charge is 0.383 e. The van der Waals surface area contributed by atoms with Gasteiger partial charge in [-0.15, -0.1) is 0 Å². The number of sulfonamides is 1. The second-order valence-corrected chi connectivity index (χ2v) is 8.23. The normalized spacial score (nSPS) is 11.8. The third-order valence-electron chi connectivity index (χ3n) is 3.71. The Labute approximate surface area is 157 Å². The number of hydrogen-bond acceptors (Lipinski definition) is 6. The number of carbonyl (C=O) groups is 1. The number of unbranched alkanes of at least 4 members (excludes halogenated alkanes) is 1. The number of methoxy groups -OCH3 is 1. The molecule has 26 heavy (non-hydrogen) atoms. The van der Waals surface area contributed by atoms with E-state index in [-0.39, 0.29) is 16.6 Å². The molecule has 1 amide bonds. The van der Waals surface area contributed by atoms with Gasteiger partial charge in [0.05, 0.1) is 28.3 Å². The summed E-state index contributed by atoms with van der Waals surface area (Å²) in [6.45, 7) is 3.76. The van der Waals surface area contributed by atoms with Crippen molar-refractivity contribution in [1.82, 2.24) is 14.9 Å². The predicted molar refractivity (Wildman–Crippen MR) is 102 cm³/mol. The molecule has 0 atom stereocenters. The Bertz CT molecular complexity index is 865. The van der Waals surface area contributed by atoms with Gasteiger partial charge in [0, 0.05) is 20.2 Å². The molecular formula is C16H24N4O4S2. The average Bonchev–Trinajstić information content (AvgIpc) is 2.94. The smallest absolute Gasteiger partial charge is 0.238 e. The molecule has 0 unspecified atom stereocenters. The molecule has 0 bridgehead atoms. The first-order valence-electron chi connectivity index (χ1n) is 8.28. The Morgan fingerprint density at radius 2 is 2.19 bits per heavy atom. The Balaban J connectivity index is 2.24. The number of thioether (sulfide) groups is 1. The van der Waals surface area contributed by atoms with Gasteiger partial charge < -0.3 is 14.6 Å². The Morgan fingerprint density at radius 1 is 1.42 bits per heavy atom. The zero-order chi connectivity index (χ0) is 19.2. The molecule has 0 aliphatic rings. The fourth-order valence-electron chi connectivity index (χ4n) is 2.38. The van der Waals surface area contributed by atoms with Crippen molar-refractivity contribution in [2.75, 3.05) is 26.0 Å². The summed E-state index contributed by atoms with van der Waals surface area (Å²) in [4.78, 5) is 16.4. The van der Waals surface area contributed by atoms with Gasteiger partial charge in [0.1, 0.15) is 0 Å². The minimum atomic E-state index is -3.79. The summed E-state index contributed by atoms with van der Waals surface area (Å²) in [7, 11) is -2.21. The average molecular weight is 401 g/mol. The first-order chi connectivity index (χ1) is 12.4. The highest BCUT2D eigenvalue weighted by Gasteiger charge is 2.16. The van der Waals surface area contributed by atoms with Crippen molar-refractivity contribution in [2.24, 2.45) is 5.14 Å². The SMILES string of the molecule is CCCCn1c(SCC(=O)NCCOC)nc2cc(S(N)(=O)=O)ccc21. The van der Waals surface area contributed by atoms with Crippen LogP contribution in [0.5, 0.6) is 0 Å². The van der Waals surface area contributed by atoms with Crippen LogP contribution in [-0.2, 0) is 26.1 Å². The minimum Gasteiger partial charge on any atom is -0.383 e. The maximum atomic E-state index is 11.9. The van der Waals surface area contributed by atoms with Gasteiger partial charge in [0.2, 0.25) is 15.9 Å². The van der Waals surface area contributed by atoms with E-state index < -0.39 is 10.0 Å². The van der Waals surface area contributed by atoms with Crippen molar-refractivity contribution in [3.05, 3.63) is 18.2 Å². The van der Waals surface area contributed by atoms with Crippen molar-refractivity contribution in [3.63, 3.8) is 0 Å². The van der Waals surface area contributed by atoms with Crippen LogP contribution in [0.3, 0.4) is 0 Å². The summed E-state index contributed by atoms with van der Waals surface area (Å²) in [6, 6.07) is 4.66. The quantitative estimate of drug-likeness (QED) is 0.459. The molecule has 0 saturated carbocycles. The third-order valence-corrected chi connectivity index (χ3v) is 5.60. The number of aryl methyl sites for hydroxylation is 1. The predicted octanol–water partition coefficient (Wildman–Crippen LogP) is 1.34. The fourth-order valence-corrected chi connectivity index (χ4v) is 3.78. The molecule has 2 aromatic rings. The van der Waals surface area contributed by atoms with Crippen LogP contribution in [0.25, 0.3) is 11.0 Å². The van der Waals surface area contributed by atoms with Crippen LogP contribution >= 0.6 is 11.8 Å². The third kappa shape index (κ3) is 5.44. The summed E-state index contributed by atoms with van der Waals surface area (Å²) in [5, 5.41) is 8.64. The van der Waals surface area contributed by atoms with E-state index in [0.717, 1.165) is 24.9 Å². The number of ether oxygens (including phenoxy) is 1. The number of nitrogens with two attached hydrogens (primary N) is 1. The van der Waals surface area contributed by atoms with Crippen molar-refractivity contribution in [2.45, 2.75) is 36.4 Å². The molecule has 1 aromatic heterocycles. The molecule has 0 aliphatic carbocycles. The van der Waals surface area contributed by atoms with Gasteiger partial charge in [-0.3, -0.25) is 4.79 Å². The van der Waals surface area contributed by atoms with E-state index in [0.29, 0.717) is 23.8 Å². The van der Waals surface area contributed by atoms with Crippen molar-refractivity contribution in [1.29, 1.82) is 0 Å². The van der Waals surface area contributed by atoms with Crippen molar-refractivity contribution < 1.29 is 17.9 Å². The lowest BCUT2D eigenvalue weighted by Crippen LogP contribution is -2.28. The molecule has 1 aromatic carbocycles. The number of carbonyl (C=O) groups excluding carboxylic acids is 1. The van der Waals surface area contributed by atoms with Crippen molar-refractivity contribution in [3.8, 4) is 0 Å². The van der Waals surface area contributed by atoms with Crippen LogP contribution < -0.4 is 10.5 Å². The number of fused-ring (bicyclic) bond motifs is 1. The molecule has 1 heterocycles. The van der Waals surface area contributed by atoms with E-state index in [9.17, 15) is 13.2 Å². The van der Waals surface area contributed by atoms with E-state index in [4.69, 9.17) is 9.88 Å². The number of aromatic nitrogens is 2. The van der Waals surface area contributed by atoms with E-state index in [1.54, 1.807) is 13.2 Å². The molecule has 144 valence electrons. The Hall–Kier alpha value is -1.62. The molecule has 3 N–H and O–H groups in total. The van der Waals surface area contributed by atoms with Crippen LogP contribution in [0.4, 0.5) is 0 Å². The molecule has 0 fully saturated rings. The summed E-state index contributed by atoms with van der Waals surface area (Å²) in [5.41, 5.74) is 1.38. The number of imidazole rings is 1. The molecule has 10 heteroatoms. The number of nitrogens with zero attached hydrogens (tertiary/aromatic N) is 2. The molecular weight excluding hydrogens is 376 g/mol. The van der Waals surface area contributed by atoms with Crippen LogP contribution in [-0.4, -0.2) is 49.9 Å². The molecule has 2 rings (SSSR count). The zero-order valence-corrected chi connectivity index (χ0v) is 16.5.